The van der Waals surface area contributed by atoms with Crippen molar-refractivity contribution in [1.29, 1.82) is 0 Å². The molecule has 2 rings (SSSR count). The number of hydrogen-bond donors (Lipinski definition) is 1. The van der Waals surface area contributed by atoms with Crippen LogP contribution in [0.3, 0.4) is 0 Å². The molecule has 0 bridgehead atoms. The molecule has 1 aromatic rings. The van der Waals surface area contributed by atoms with Crippen LogP contribution in [0.25, 0.3) is 0 Å². The summed E-state index contributed by atoms with van der Waals surface area (Å²) >= 11 is 0. The summed E-state index contributed by atoms with van der Waals surface area (Å²) in [5.74, 6) is -0.226. The number of nitrogens with two attached hydrogens (primary N) is 1. The second kappa shape index (κ2) is 6.72. The second-order valence-electron chi connectivity index (χ2n) is 5.76. The summed E-state index contributed by atoms with van der Waals surface area (Å²) in [6.07, 6.45) is 1.44. The molecule has 1 atom stereocenters. The van der Waals surface area contributed by atoms with Crippen LogP contribution in [-0.4, -0.2) is 48.8 Å². The van der Waals surface area contributed by atoms with Crippen LogP contribution in [0.4, 0.5) is 0 Å². The molecule has 1 aliphatic rings. The molecule has 114 valence electrons. The van der Waals surface area contributed by atoms with Gasteiger partial charge in [0.15, 0.2) is 0 Å². The van der Waals surface area contributed by atoms with Crippen LogP contribution in [0.2, 0.25) is 0 Å². The Morgan fingerprint density at radius 1 is 1.19 bits per heavy atom. The van der Waals surface area contributed by atoms with E-state index in [1.54, 1.807) is 19.0 Å². The minimum Gasteiger partial charge on any atom is -0.369 e. The third-order valence-electron chi connectivity index (χ3n) is 4.09. The van der Waals surface area contributed by atoms with Gasteiger partial charge in [-0.15, -0.1) is 0 Å². The number of likely N-dealkylation sites (N-methyl/N-ethyl adjacent to an activating group) is 1. The highest BCUT2D eigenvalue weighted by atomic mass is 16.2. The molecule has 0 aromatic heterocycles. The van der Waals surface area contributed by atoms with Gasteiger partial charge in [-0.1, -0.05) is 30.3 Å². The van der Waals surface area contributed by atoms with Gasteiger partial charge >= 0.3 is 0 Å². The monoisotopic (exact) mass is 289 g/mol. The molecule has 1 heterocycles. The Hall–Kier alpha value is -1.88. The maximum atomic E-state index is 12.6. The van der Waals surface area contributed by atoms with Crippen molar-refractivity contribution in [2.75, 3.05) is 27.2 Å². The summed E-state index contributed by atoms with van der Waals surface area (Å²) < 4.78 is 0. The lowest BCUT2D eigenvalue weighted by atomic mass is 9.93. The normalized spacial score (nSPS) is 18.2. The molecule has 21 heavy (non-hydrogen) atoms. The zero-order valence-corrected chi connectivity index (χ0v) is 12.7. The number of amides is 2. The molecule has 1 aliphatic heterocycles. The van der Waals surface area contributed by atoms with Crippen molar-refractivity contribution in [2.24, 2.45) is 11.7 Å². The average Bonchev–Trinajstić information content (AvgIpc) is 2.49. The number of rotatable bonds is 4. The van der Waals surface area contributed by atoms with Crippen LogP contribution in [0, 0.1) is 5.92 Å². The van der Waals surface area contributed by atoms with Gasteiger partial charge in [-0.2, -0.15) is 0 Å². The average molecular weight is 289 g/mol. The summed E-state index contributed by atoms with van der Waals surface area (Å²) in [6, 6.07) is 9.51. The number of piperidine rings is 1. The Balaban J connectivity index is 2.18. The van der Waals surface area contributed by atoms with E-state index >= 15 is 0 Å². The maximum absolute atomic E-state index is 12.6. The van der Waals surface area contributed by atoms with Gasteiger partial charge in [0.25, 0.3) is 0 Å². The number of nitrogens with zero attached hydrogens (tertiary/aromatic N) is 2. The Morgan fingerprint density at radius 3 is 2.24 bits per heavy atom. The fraction of sp³-hybridized carbons (Fsp3) is 0.500. The van der Waals surface area contributed by atoms with Crippen LogP contribution in [-0.2, 0) is 9.59 Å². The van der Waals surface area contributed by atoms with Crippen molar-refractivity contribution in [2.45, 2.75) is 18.9 Å². The van der Waals surface area contributed by atoms with Gasteiger partial charge in [0.05, 0.1) is 0 Å². The minimum atomic E-state index is -0.282. The van der Waals surface area contributed by atoms with Gasteiger partial charge < -0.3 is 10.6 Å². The molecule has 5 nitrogen and oxygen atoms in total. The lowest BCUT2D eigenvalue weighted by molar-refractivity contribution is -0.135. The van der Waals surface area contributed by atoms with Gasteiger partial charge in [0.2, 0.25) is 11.8 Å². The summed E-state index contributed by atoms with van der Waals surface area (Å²) in [4.78, 5) is 27.6. The zero-order chi connectivity index (χ0) is 15.4. The van der Waals surface area contributed by atoms with Crippen LogP contribution in [0.1, 0.15) is 24.4 Å². The topological polar surface area (TPSA) is 66.6 Å². The number of primary amides is 1. The Bertz CT molecular complexity index is 494. The van der Waals surface area contributed by atoms with Crippen molar-refractivity contribution in [3.63, 3.8) is 0 Å². The minimum absolute atomic E-state index is 0.0628. The molecular weight excluding hydrogens is 266 g/mol. The molecule has 0 unspecified atom stereocenters. The number of carbonyl (C=O) groups excluding carboxylic acids is 2. The number of carbonyl (C=O) groups is 2. The summed E-state index contributed by atoms with van der Waals surface area (Å²) in [5.41, 5.74) is 6.37. The fourth-order valence-electron chi connectivity index (χ4n) is 2.83. The molecule has 2 N–H and O–H groups in total. The van der Waals surface area contributed by atoms with E-state index in [-0.39, 0.29) is 23.8 Å². The summed E-state index contributed by atoms with van der Waals surface area (Å²) in [5, 5.41) is 0. The van der Waals surface area contributed by atoms with E-state index in [1.165, 1.54) is 0 Å². The van der Waals surface area contributed by atoms with Crippen molar-refractivity contribution in [3.05, 3.63) is 35.9 Å². The van der Waals surface area contributed by atoms with Gasteiger partial charge in [0.1, 0.15) is 6.04 Å². The largest absolute Gasteiger partial charge is 0.369 e. The molecule has 1 aromatic carbocycles. The van der Waals surface area contributed by atoms with Crippen LogP contribution >= 0.6 is 0 Å². The SMILES string of the molecule is CN(C)C(=O)[C@H](c1ccccc1)N1CCC(C(N)=O)CC1. The highest BCUT2D eigenvalue weighted by Gasteiger charge is 2.33. The predicted octanol–water partition coefficient (Wildman–Crippen LogP) is 1.01. The van der Waals surface area contributed by atoms with Crippen molar-refractivity contribution >= 4 is 11.8 Å². The smallest absolute Gasteiger partial charge is 0.244 e. The van der Waals surface area contributed by atoms with E-state index in [2.05, 4.69) is 4.90 Å². The second-order valence-corrected chi connectivity index (χ2v) is 5.76. The van der Waals surface area contributed by atoms with Gasteiger partial charge in [0, 0.05) is 20.0 Å². The van der Waals surface area contributed by atoms with Crippen LogP contribution < -0.4 is 5.73 Å². The van der Waals surface area contributed by atoms with E-state index < -0.39 is 0 Å². The first-order valence-electron chi connectivity index (χ1n) is 7.30. The van der Waals surface area contributed by atoms with Crippen molar-refractivity contribution < 1.29 is 9.59 Å². The van der Waals surface area contributed by atoms with E-state index in [0.29, 0.717) is 13.1 Å². The first-order chi connectivity index (χ1) is 10.0. The van der Waals surface area contributed by atoms with Gasteiger partial charge in [-0.05, 0) is 31.5 Å². The molecule has 2 amide bonds. The molecule has 5 heteroatoms. The lowest BCUT2D eigenvalue weighted by Crippen LogP contribution is -2.45. The van der Waals surface area contributed by atoms with E-state index in [9.17, 15) is 9.59 Å². The maximum Gasteiger partial charge on any atom is 0.244 e. The molecule has 1 fully saturated rings. The van der Waals surface area contributed by atoms with Gasteiger partial charge in [-0.25, -0.2) is 0 Å². The Kier molecular flexibility index (Phi) is 4.96. The quantitative estimate of drug-likeness (QED) is 0.899. The highest BCUT2D eigenvalue weighted by Crippen LogP contribution is 2.28. The fourth-order valence-corrected chi connectivity index (χ4v) is 2.83. The van der Waals surface area contributed by atoms with Crippen molar-refractivity contribution in [1.82, 2.24) is 9.80 Å². The summed E-state index contributed by atoms with van der Waals surface area (Å²) in [6.45, 7) is 1.43. The van der Waals surface area contributed by atoms with Crippen molar-refractivity contribution in [3.8, 4) is 0 Å². The predicted molar refractivity (Wildman–Crippen MR) is 81.4 cm³/mol. The molecule has 1 saturated heterocycles. The van der Waals surface area contributed by atoms with Gasteiger partial charge in [-0.3, -0.25) is 14.5 Å². The Labute approximate surface area is 125 Å². The van der Waals surface area contributed by atoms with E-state index in [0.717, 1.165) is 18.4 Å². The summed E-state index contributed by atoms with van der Waals surface area (Å²) in [7, 11) is 3.54. The molecule has 0 radical (unpaired) electrons. The number of benzene rings is 1. The molecule has 0 saturated carbocycles. The first-order valence-corrected chi connectivity index (χ1v) is 7.30. The lowest BCUT2D eigenvalue weighted by Gasteiger charge is -2.37. The standard InChI is InChI=1S/C16H23N3O2/c1-18(2)16(21)14(12-6-4-3-5-7-12)19-10-8-13(9-11-19)15(17)20/h3-7,13-14H,8-11H2,1-2H3,(H2,17,20)/t14-/m0/s1. The van der Waals surface area contributed by atoms with Crippen LogP contribution in [0.15, 0.2) is 30.3 Å². The third-order valence-corrected chi connectivity index (χ3v) is 4.09. The molecular formula is C16H23N3O2. The zero-order valence-electron chi connectivity index (χ0n) is 12.7. The van der Waals surface area contributed by atoms with E-state index in [1.807, 2.05) is 30.3 Å². The first kappa shape index (κ1) is 15.5. The molecule has 0 spiro atoms. The van der Waals surface area contributed by atoms with E-state index in [4.69, 9.17) is 5.73 Å². The highest BCUT2D eigenvalue weighted by molar-refractivity contribution is 5.83. The third kappa shape index (κ3) is 3.61. The van der Waals surface area contributed by atoms with Crippen LogP contribution in [0.5, 0.6) is 0 Å². The molecule has 0 aliphatic carbocycles. The number of hydrogen-bond acceptors (Lipinski definition) is 3. The Morgan fingerprint density at radius 2 is 1.76 bits per heavy atom. The number of likely N-dealkylation sites (tertiary alicyclic amines) is 1.